The number of hydrogen-bond acceptors (Lipinski definition) is 4. The molecule has 5 nitrogen and oxygen atoms in total. The van der Waals surface area contributed by atoms with Crippen molar-refractivity contribution < 1.29 is 23.8 Å². The van der Waals surface area contributed by atoms with Gasteiger partial charge in [-0.3, -0.25) is 4.79 Å². The first-order valence-electron chi connectivity index (χ1n) is 5.59. The average molecular weight is 260 g/mol. The fourth-order valence-corrected chi connectivity index (χ4v) is 1.62. The molecule has 1 aromatic heterocycles. The number of Topliss-reactive ketones (excluding diaryl/α,β-unsaturated/α-hetero) is 1. The summed E-state index contributed by atoms with van der Waals surface area (Å²) in [6.45, 7) is 0. The van der Waals surface area contributed by atoms with E-state index in [1.54, 1.807) is 31.4 Å². The van der Waals surface area contributed by atoms with Crippen molar-refractivity contribution in [3.63, 3.8) is 0 Å². The van der Waals surface area contributed by atoms with Crippen LogP contribution in [0.3, 0.4) is 0 Å². The molecule has 1 aromatic carbocycles. The second kappa shape index (κ2) is 5.39. The van der Waals surface area contributed by atoms with E-state index in [0.717, 1.165) is 5.56 Å². The molecule has 19 heavy (non-hydrogen) atoms. The van der Waals surface area contributed by atoms with Crippen molar-refractivity contribution in [3.05, 3.63) is 53.5 Å². The van der Waals surface area contributed by atoms with Crippen LogP contribution in [0, 0.1) is 0 Å². The van der Waals surface area contributed by atoms with Crippen molar-refractivity contribution in [2.24, 2.45) is 0 Å². The monoisotopic (exact) mass is 260 g/mol. The number of carboxylic acid groups (broad SMARTS) is 1. The molecule has 0 spiro atoms. The number of carbonyl (C=O) groups excluding carboxylic acids is 1. The zero-order valence-electron chi connectivity index (χ0n) is 10.3. The number of rotatable bonds is 5. The Hall–Kier alpha value is -2.56. The fraction of sp³-hybridized carbons (Fsp3) is 0.143. The molecule has 5 heteroatoms. The third kappa shape index (κ3) is 3.01. The van der Waals surface area contributed by atoms with Gasteiger partial charge in [0.05, 0.1) is 7.11 Å². The maximum Gasteiger partial charge on any atom is 0.371 e. The van der Waals surface area contributed by atoms with Gasteiger partial charge in [0.25, 0.3) is 0 Å². The summed E-state index contributed by atoms with van der Waals surface area (Å²) in [5.41, 5.74) is 0.805. The summed E-state index contributed by atoms with van der Waals surface area (Å²) in [4.78, 5) is 22.5. The maximum absolute atomic E-state index is 11.9. The molecule has 0 saturated heterocycles. The fourth-order valence-electron chi connectivity index (χ4n) is 1.62. The summed E-state index contributed by atoms with van der Waals surface area (Å²) in [6.07, 6.45) is 0.149. The van der Waals surface area contributed by atoms with Crippen LogP contribution in [0.2, 0.25) is 0 Å². The quantitative estimate of drug-likeness (QED) is 0.835. The molecule has 98 valence electrons. The minimum Gasteiger partial charge on any atom is -0.497 e. The van der Waals surface area contributed by atoms with Gasteiger partial charge in [0.2, 0.25) is 11.5 Å². The number of ether oxygens (including phenoxy) is 1. The summed E-state index contributed by atoms with van der Waals surface area (Å²) < 4.78 is 9.97. The number of carboxylic acids is 1. The highest BCUT2D eigenvalue weighted by Gasteiger charge is 2.15. The molecule has 0 aliphatic carbocycles. The molecular weight excluding hydrogens is 248 g/mol. The Morgan fingerprint density at radius 2 is 1.74 bits per heavy atom. The molecule has 1 N–H and O–H groups in total. The van der Waals surface area contributed by atoms with Crippen LogP contribution in [-0.2, 0) is 6.42 Å². The number of methoxy groups -OCH3 is 1. The van der Waals surface area contributed by atoms with Crippen molar-refractivity contribution in [3.8, 4) is 5.75 Å². The Morgan fingerprint density at radius 3 is 2.26 bits per heavy atom. The molecule has 0 aliphatic rings. The topological polar surface area (TPSA) is 76.7 Å². The minimum atomic E-state index is -1.19. The van der Waals surface area contributed by atoms with Crippen molar-refractivity contribution in [1.29, 1.82) is 0 Å². The third-order valence-corrected chi connectivity index (χ3v) is 2.62. The minimum absolute atomic E-state index is 0.0493. The third-order valence-electron chi connectivity index (χ3n) is 2.62. The van der Waals surface area contributed by atoms with Crippen molar-refractivity contribution >= 4 is 11.8 Å². The predicted molar refractivity (Wildman–Crippen MR) is 66.7 cm³/mol. The van der Waals surface area contributed by atoms with Gasteiger partial charge in [-0.05, 0) is 29.8 Å². The normalized spacial score (nSPS) is 10.2. The van der Waals surface area contributed by atoms with Crippen LogP contribution in [0.25, 0.3) is 0 Å². The smallest absolute Gasteiger partial charge is 0.371 e. The lowest BCUT2D eigenvalue weighted by atomic mass is 10.1. The predicted octanol–water partition coefficient (Wildman–Crippen LogP) is 2.41. The summed E-state index contributed by atoms with van der Waals surface area (Å²) in [7, 11) is 1.57. The Bertz CT molecular complexity index is 595. The lowest BCUT2D eigenvalue weighted by molar-refractivity contribution is 0.0660. The van der Waals surface area contributed by atoms with E-state index in [2.05, 4.69) is 0 Å². The van der Waals surface area contributed by atoms with Crippen LogP contribution in [0.15, 0.2) is 40.8 Å². The number of furan rings is 1. The molecule has 2 aromatic rings. The SMILES string of the molecule is COc1ccc(CC(=O)c2ccc(C(=O)O)o2)cc1. The van der Waals surface area contributed by atoms with Crippen molar-refractivity contribution in [2.45, 2.75) is 6.42 Å². The van der Waals surface area contributed by atoms with Crippen LogP contribution in [0.5, 0.6) is 5.75 Å². The standard InChI is InChI=1S/C14H12O5/c1-18-10-4-2-9(3-5-10)8-11(15)12-6-7-13(19-12)14(16)17/h2-7H,8H2,1H3,(H,16,17). The summed E-state index contributed by atoms with van der Waals surface area (Å²) in [5, 5.41) is 8.71. The second-order valence-corrected chi connectivity index (χ2v) is 3.92. The van der Waals surface area contributed by atoms with E-state index in [1.807, 2.05) is 0 Å². The van der Waals surface area contributed by atoms with E-state index in [4.69, 9.17) is 14.3 Å². The molecule has 0 unspecified atom stereocenters. The van der Waals surface area contributed by atoms with Crippen molar-refractivity contribution in [2.75, 3.05) is 7.11 Å². The molecule has 0 fully saturated rings. The zero-order valence-corrected chi connectivity index (χ0v) is 10.3. The average Bonchev–Trinajstić information content (AvgIpc) is 2.89. The van der Waals surface area contributed by atoms with Crippen LogP contribution in [0.1, 0.15) is 26.7 Å². The highest BCUT2D eigenvalue weighted by molar-refractivity contribution is 5.96. The number of hydrogen-bond donors (Lipinski definition) is 1. The molecule has 2 rings (SSSR count). The second-order valence-electron chi connectivity index (χ2n) is 3.92. The van der Waals surface area contributed by atoms with Crippen LogP contribution < -0.4 is 4.74 Å². The Labute approximate surface area is 109 Å². The van der Waals surface area contributed by atoms with Gasteiger partial charge >= 0.3 is 5.97 Å². The molecular formula is C14H12O5. The van der Waals surface area contributed by atoms with E-state index in [0.29, 0.717) is 5.75 Å². The van der Waals surface area contributed by atoms with E-state index in [-0.39, 0.29) is 23.7 Å². The van der Waals surface area contributed by atoms with Crippen LogP contribution in [-0.4, -0.2) is 24.0 Å². The number of aromatic carboxylic acids is 1. The molecule has 0 atom stereocenters. The van der Waals surface area contributed by atoms with Gasteiger partial charge in [0, 0.05) is 6.42 Å². The van der Waals surface area contributed by atoms with Crippen LogP contribution >= 0.6 is 0 Å². The van der Waals surface area contributed by atoms with Crippen molar-refractivity contribution in [1.82, 2.24) is 0 Å². The number of carbonyl (C=O) groups is 2. The van der Waals surface area contributed by atoms with Gasteiger partial charge < -0.3 is 14.3 Å². The first kappa shape index (κ1) is 12.9. The molecule has 0 aliphatic heterocycles. The lowest BCUT2D eigenvalue weighted by Gasteiger charge is -2.01. The Kier molecular flexibility index (Phi) is 3.66. The lowest BCUT2D eigenvalue weighted by Crippen LogP contribution is -2.02. The largest absolute Gasteiger partial charge is 0.497 e. The zero-order chi connectivity index (χ0) is 13.8. The molecule has 0 amide bonds. The van der Waals surface area contributed by atoms with E-state index < -0.39 is 5.97 Å². The molecule has 0 bridgehead atoms. The molecule has 0 radical (unpaired) electrons. The molecule has 1 heterocycles. The summed E-state index contributed by atoms with van der Waals surface area (Å²) >= 11 is 0. The number of benzene rings is 1. The van der Waals surface area contributed by atoms with Gasteiger partial charge in [-0.25, -0.2) is 4.79 Å². The van der Waals surface area contributed by atoms with Gasteiger partial charge in [-0.2, -0.15) is 0 Å². The number of ketones is 1. The highest BCUT2D eigenvalue weighted by Crippen LogP contribution is 2.15. The Morgan fingerprint density at radius 1 is 1.11 bits per heavy atom. The van der Waals surface area contributed by atoms with E-state index in [9.17, 15) is 9.59 Å². The van der Waals surface area contributed by atoms with Gasteiger partial charge in [0.1, 0.15) is 5.75 Å². The van der Waals surface area contributed by atoms with E-state index in [1.165, 1.54) is 12.1 Å². The first-order valence-corrected chi connectivity index (χ1v) is 5.59. The highest BCUT2D eigenvalue weighted by atomic mass is 16.5. The first-order chi connectivity index (χ1) is 9.10. The van der Waals surface area contributed by atoms with Gasteiger partial charge in [-0.15, -0.1) is 0 Å². The molecule has 0 saturated carbocycles. The van der Waals surface area contributed by atoms with Gasteiger partial charge in [-0.1, -0.05) is 12.1 Å². The Balaban J connectivity index is 2.08. The van der Waals surface area contributed by atoms with E-state index >= 15 is 0 Å². The summed E-state index contributed by atoms with van der Waals surface area (Å²) in [5.74, 6) is -0.935. The van der Waals surface area contributed by atoms with Gasteiger partial charge in [0.15, 0.2) is 5.76 Å². The van der Waals surface area contributed by atoms with Crippen LogP contribution in [0.4, 0.5) is 0 Å². The maximum atomic E-state index is 11.9. The summed E-state index contributed by atoms with van der Waals surface area (Å²) in [6, 6.07) is 9.70.